The van der Waals surface area contributed by atoms with Crippen LogP contribution in [0.2, 0.25) is 0 Å². The summed E-state index contributed by atoms with van der Waals surface area (Å²) in [6.07, 6.45) is 5.88. The lowest BCUT2D eigenvalue weighted by Gasteiger charge is -2.24. The van der Waals surface area contributed by atoms with Crippen LogP contribution in [0.5, 0.6) is 0 Å². The van der Waals surface area contributed by atoms with Gasteiger partial charge in [-0.1, -0.05) is 24.3 Å². The second-order valence-corrected chi connectivity index (χ2v) is 4.99. The van der Waals surface area contributed by atoms with Gasteiger partial charge in [0.1, 0.15) is 0 Å². The third-order valence-corrected chi connectivity index (χ3v) is 3.64. The summed E-state index contributed by atoms with van der Waals surface area (Å²) in [5.41, 5.74) is 9.06. The first-order valence-electron chi connectivity index (χ1n) is 6.23. The molecular formula is C14H18N2. The van der Waals surface area contributed by atoms with E-state index < -0.39 is 0 Å². The average molecular weight is 214 g/mol. The van der Waals surface area contributed by atoms with Gasteiger partial charge in [-0.15, -0.1) is 0 Å². The molecule has 2 N–H and O–H groups in total. The van der Waals surface area contributed by atoms with E-state index in [2.05, 4.69) is 29.3 Å². The monoisotopic (exact) mass is 214 g/mol. The fourth-order valence-electron chi connectivity index (χ4n) is 2.47. The minimum absolute atomic E-state index is 0.482. The number of aliphatic imine (C=N–C) groups is 1. The van der Waals surface area contributed by atoms with Crippen LogP contribution < -0.4 is 5.73 Å². The fourth-order valence-corrected chi connectivity index (χ4v) is 2.47. The maximum atomic E-state index is 6.10. The first kappa shape index (κ1) is 9.88. The van der Waals surface area contributed by atoms with Crippen molar-refractivity contribution in [2.45, 2.75) is 38.1 Å². The van der Waals surface area contributed by atoms with Crippen molar-refractivity contribution in [3.8, 4) is 0 Å². The quantitative estimate of drug-likeness (QED) is 0.595. The smallest absolute Gasteiger partial charge is 0.0975 e. The zero-order valence-corrected chi connectivity index (χ0v) is 9.52. The Bertz CT molecular complexity index is 418. The van der Waals surface area contributed by atoms with E-state index in [0.29, 0.717) is 12.0 Å². The Hall–Kier alpha value is -1.31. The zero-order valence-electron chi connectivity index (χ0n) is 9.52. The molecule has 2 heteroatoms. The van der Waals surface area contributed by atoms with Crippen LogP contribution in [0.15, 0.2) is 29.3 Å². The Morgan fingerprint density at radius 3 is 2.62 bits per heavy atom. The third-order valence-electron chi connectivity index (χ3n) is 3.64. The van der Waals surface area contributed by atoms with Crippen LogP contribution >= 0.6 is 0 Å². The minimum Gasteiger partial charge on any atom is -0.387 e. The number of aryl methyl sites for hydroxylation is 1. The summed E-state index contributed by atoms with van der Waals surface area (Å²) in [5.74, 6) is 1.38. The Labute approximate surface area is 96.6 Å². The Morgan fingerprint density at radius 2 is 1.88 bits per heavy atom. The molecule has 0 spiro atoms. The molecule has 1 aromatic rings. The van der Waals surface area contributed by atoms with Crippen molar-refractivity contribution < 1.29 is 0 Å². The molecule has 0 heterocycles. The highest BCUT2D eigenvalue weighted by Gasteiger charge is 2.25. The van der Waals surface area contributed by atoms with Gasteiger partial charge in [0.05, 0.1) is 11.9 Å². The van der Waals surface area contributed by atoms with Crippen molar-refractivity contribution in [3.63, 3.8) is 0 Å². The standard InChI is InChI=1S/C14H18N2/c15-14(16-13-7-8-13)12-6-5-10-3-1-2-4-11(10)9-12/h1-4,12-13H,5-9H2,(H2,15,16). The number of amidine groups is 1. The summed E-state index contributed by atoms with van der Waals surface area (Å²) >= 11 is 0. The maximum Gasteiger partial charge on any atom is 0.0975 e. The molecule has 0 aliphatic heterocycles. The molecular weight excluding hydrogens is 196 g/mol. The lowest BCUT2D eigenvalue weighted by atomic mass is 9.83. The van der Waals surface area contributed by atoms with Gasteiger partial charge in [-0.2, -0.15) is 0 Å². The van der Waals surface area contributed by atoms with E-state index in [1.807, 2.05) is 0 Å². The first-order valence-corrected chi connectivity index (χ1v) is 6.23. The number of benzene rings is 1. The number of fused-ring (bicyclic) bond motifs is 1. The molecule has 1 unspecified atom stereocenters. The van der Waals surface area contributed by atoms with E-state index in [0.717, 1.165) is 18.7 Å². The highest BCUT2D eigenvalue weighted by Crippen LogP contribution is 2.28. The van der Waals surface area contributed by atoms with Crippen LogP contribution in [0.3, 0.4) is 0 Å². The summed E-state index contributed by atoms with van der Waals surface area (Å²) < 4.78 is 0. The summed E-state index contributed by atoms with van der Waals surface area (Å²) in [6.45, 7) is 0. The van der Waals surface area contributed by atoms with Crippen molar-refractivity contribution in [3.05, 3.63) is 35.4 Å². The molecule has 0 radical (unpaired) electrons. The summed E-state index contributed by atoms with van der Waals surface area (Å²) in [6, 6.07) is 9.26. The number of rotatable bonds is 2. The van der Waals surface area contributed by atoms with Crippen LogP contribution in [-0.4, -0.2) is 11.9 Å². The molecule has 0 bridgehead atoms. The minimum atomic E-state index is 0.482. The molecule has 84 valence electrons. The lowest BCUT2D eigenvalue weighted by Crippen LogP contribution is -2.29. The van der Waals surface area contributed by atoms with Gasteiger partial charge in [-0.25, -0.2) is 0 Å². The van der Waals surface area contributed by atoms with Gasteiger partial charge in [-0.05, 0) is 43.2 Å². The molecule has 0 aromatic heterocycles. The molecule has 1 saturated carbocycles. The molecule has 3 rings (SSSR count). The second kappa shape index (κ2) is 3.93. The van der Waals surface area contributed by atoms with E-state index in [1.54, 1.807) is 0 Å². The third kappa shape index (κ3) is 1.97. The van der Waals surface area contributed by atoms with Gasteiger partial charge in [0.2, 0.25) is 0 Å². The zero-order chi connectivity index (χ0) is 11.0. The van der Waals surface area contributed by atoms with Crippen LogP contribution in [-0.2, 0) is 12.8 Å². The highest BCUT2D eigenvalue weighted by atomic mass is 14.9. The van der Waals surface area contributed by atoms with E-state index in [9.17, 15) is 0 Å². The Morgan fingerprint density at radius 1 is 1.12 bits per heavy atom. The van der Waals surface area contributed by atoms with Crippen LogP contribution in [0, 0.1) is 5.92 Å². The maximum absolute atomic E-state index is 6.10. The number of nitrogens with two attached hydrogens (primary N) is 1. The predicted molar refractivity (Wildman–Crippen MR) is 66.6 cm³/mol. The van der Waals surface area contributed by atoms with Crippen molar-refractivity contribution in [2.75, 3.05) is 0 Å². The normalized spacial score (nSPS) is 25.2. The average Bonchev–Trinajstić information content (AvgIpc) is 3.12. The Balaban J connectivity index is 1.76. The number of hydrogen-bond acceptors (Lipinski definition) is 1. The summed E-state index contributed by atoms with van der Waals surface area (Å²) in [5, 5.41) is 0. The molecule has 0 amide bonds. The molecule has 1 fully saturated rings. The SMILES string of the molecule is NC(=NC1CC1)C1CCc2ccccc2C1. The van der Waals surface area contributed by atoms with E-state index in [-0.39, 0.29) is 0 Å². The molecule has 2 nitrogen and oxygen atoms in total. The second-order valence-electron chi connectivity index (χ2n) is 4.99. The van der Waals surface area contributed by atoms with Gasteiger partial charge < -0.3 is 5.73 Å². The molecule has 2 aliphatic carbocycles. The van der Waals surface area contributed by atoms with Crippen molar-refractivity contribution in [1.82, 2.24) is 0 Å². The number of hydrogen-bond donors (Lipinski definition) is 1. The molecule has 1 atom stereocenters. The van der Waals surface area contributed by atoms with Crippen LogP contribution in [0.25, 0.3) is 0 Å². The predicted octanol–water partition coefficient (Wildman–Crippen LogP) is 2.31. The highest BCUT2D eigenvalue weighted by molar-refractivity contribution is 5.83. The van der Waals surface area contributed by atoms with Crippen LogP contribution in [0.4, 0.5) is 0 Å². The largest absolute Gasteiger partial charge is 0.387 e. The van der Waals surface area contributed by atoms with Crippen molar-refractivity contribution in [2.24, 2.45) is 16.6 Å². The summed E-state index contributed by atoms with van der Waals surface area (Å²) in [7, 11) is 0. The first-order chi connectivity index (χ1) is 7.83. The summed E-state index contributed by atoms with van der Waals surface area (Å²) in [4.78, 5) is 4.58. The van der Waals surface area contributed by atoms with Gasteiger partial charge in [-0.3, -0.25) is 4.99 Å². The number of nitrogens with zero attached hydrogens (tertiary/aromatic N) is 1. The molecule has 1 aromatic carbocycles. The van der Waals surface area contributed by atoms with Gasteiger partial charge >= 0.3 is 0 Å². The topological polar surface area (TPSA) is 38.4 Å². The van der Waals surface area contributed by atoms with Crippen molar-refractivity contribution >= 4 is 5.84 Å². The van der Waals surface area contributed by atoms with E-state index in [1.165, 1.54) is 30.4 Å². The van der Waals surface area contributed by atoms with E-state index in [4.69, 9.17) is 5.73 Å². The van der Waals surface area contributed by atoms with Crippen LogP contribution in [0.1, 0.15) is 30.4 Å². The molecule has 16 heavy (non-hydrogen) atoms. The van der Waals surface area contributed by atoms with E-state index >= 15 is 0 Å². The fraction of sp³-hybridized carbons (Fsp3) is 0.500. The van der Waals surface area contributed by atoms with Gasteiger partial charge in [0, 0.05) is 5.92 Å². The molecule has 0 saturated heterocycles. The van der Waals surface area contributed by atoms with Gasteiger partial charge in [0.15, 0.2) is 0 Å². The van der Waals surface area contributed by atoms with Gasteiger partial charge in [0.25, 0.3) is 0 Å². The van der Waals surface area contributed by atoms with Crippen molar-refractivity contribution in [1.29, 1.82) is 0 Å². The lowest BCUT2D eigenvalue weighted by molar-refractivity contribution is 0.577. The Kier molecular flexibility index (Phi) is 2.43. The molecule has 2 aliphatic rings.